The van der Waals surface area contributed by atoms with Gasteiger partial charge in [-0.2, -0.15) is 0 Å². The number of hydrogen-bond acceptors (Lipinski definition) is 5. The van der Waals surface area contributed by atoms with Gasteiger partial charge in [0.15, 0.2) is 0 Å². The van der Waals surface area contributed by atoms with Gasteiger partial charge in [-0.3, -0.25) is 14.5 Å². The Balaban J connectivity index is 2.07. The van der Waals surface area contributed by atoms with E-state index in [0.717, 1.165) is 11.8 Å². The van der Waals surface area contributed by atoms with Crippen LogP contribution in [0.2, 0.25) is 0 Å². The number of carboxylic acid groups (broad SMARTS) is 1. The van der Waals surface area contributed by atoms with E-state index in [4.69, 9.17) is 9.84 Å². The number of ether oxygens (including phenoxy) is 1. The zero-order chi connectivity index (χ0) is 16.1. The van der Waals surface area contributed by atoms with Gasteiger partial charge >= 0.3 is 5.97 Å². The molecule has 22 heavy (non-hydrogen) atoms. The molecule has 0 saturated carbocycles. The number of carboxylic acids is 1. The third kappa shape index (κ3) is 3.66. The summed E-state index contributed by atoms with van der Waals surface area (Å²) < 4.78 is 4.92. The quantitative estimate of drug-likeness (QED) is 0.606. The predicted octanol–water partition coefficient (Wildman–Crippen LogP) is 1.64. The normalized spacial score (nSPS) is 18.0. The molecule has 1 fully saturated rings. The van der Waals surface area contributed by atoms with Gasteiger partial charge in [-0.25, -0.2) is 4.79 Å². The van der Waals surface area contributed by atoms with Gasteiger partial charge in [-0.05, 0) is 18.6 Å². The fourth-order valence-corrected chi connectivity index (χ4v) is 3.45. The first-order valence-corrected chi connectivity index (χ1v) is 7.74. The first kappa shape index (κ1) is 16.5. The molecule has 1 saturated heterocycles. The van der Waals surface area contributed by atoms with Crippen LogP contribution in [-0.2, 0) is 14.3 Å². The Morgan fingerprint density at radius 3 is 2.82 bits per heavy atom. The molecule has 6 nitrogen and oxygen atoms in total. The zero-order valence-corrected chi connectivity index (χ0v) is 13.0. The van der Waals surface area contributed by atoms with E-state index in [1.807, 2.05) is 0 Å². The summed E-state index contributed by atoms with van der Waals surface area (Å²) in [6.45, 7) is 0.819. The Labute approximate surface area is 132 Å². The van der Waals surface area contributed by atoms with Crippen molar-refractivity contribution in [3.05, 3.63) is 29.8 Å². The highest BCUT2D eigenvalue weighted by molar-refractivity contribution is 8.00. The van der Waals surface area contributed by atoms with Gasteiger partial charge in [0.1, 0.15) is 0 Å². The Morgan fingerprint density at radius 2 is 2.14 bits per heavy atom. The number of benzene rings is 1. The maximum absolute atomic E-state index is 12.3. The molecule has 1 N–H and O–H groups in total. The minimum Gasteiger partial charge on any atom is -0.478 e. The van der Waals surface area contributed by atoms with Gasteiger partial charge in [0.25, 0.3) is 0 Å². The van der Waals surface area contributed by atoms with Crippen LogP contribution in [0.4, 0.5) is 0 Å². The van der Waals surface area contributed by atoms with Crippen molar-refractivity contribution in [1.29, 1.82) is 0 Å². The second kappa shape index (κ2) is 7.42. The van der Waals surface area contributed by atoms with Crippen molar-refractivity contribution >= 4 is 29.5 Å². The van der Waals surface area contributed by atoms with E-state index in [9.17, 15) is 14.4 Å². The van der Waals surface area contributed by atoms with Crippen LogP contribution < -0.4 is 0 Å². The molecular formula is C15H17NO5S. The summed E-state index contributed by atoms with van der Waals surface area (Å²) >= 11 is 1.14. The lowest BCUT2D eigenvalue weighted by molar-refractivity contribution is -0.138. The van der Waals surface area contributed by atoms with Crippen LogP contribution in [0.3, 0.4) is 0 Å². The average Bonchev–Trinajstić information content (AvgIpc) is 2.75. The fraction of sp³-hybridized carbons (Fsp3) is 0.400. The number of likely N-dealkylation sites (tertiary alicyclic amines) is 1. The summed E-state index contributed by atoms with van der Waals surface area (Å²) in [5, 5.41) is 8.60. The van der Waals surface area contributed by atoms with Crippen molar-refractivity contribution in [1.82, 2.24) is 4.90 Å². The van der Waals surface area contributed by atoms with Crippen LogP contribution in [0.25, 0.3) is 0 Å². The number of methoxy groups -OCH3 is 1. The molecule has 0 unspecified atom stereocenters. The Bertz CT molecular complexity index is 589. The lowest BCUT2D eigenvalue weighted by Gasteiger charge is -2.14. The molecule has 1 aliphatic heterocycles. The molecule has 0 bridgehead atoms. The summed E-state index contributed by atoms with van der Waals surface area (Å²) in [7, 11) is 1.56. The highest BCUT2D eigenvalue weighted by atomic mass is 32.2. The third-order valence-corrected chi connectivity index (χ3v) is 4.58. The highest BCUT2D eigenvalue weighted by Gasteiger charge is 2.39. The van der Waals surface area contributed by atoms with Crippen LogP contribution in [-0.4, -0.2) is 53.3 Å². The molecule has 118 valence electrons. The minimum atomic E-state index is -1.04. The highest BCUT2D eigenvalue weighted by Crippen LogP contribution is 2.33. The van der Waals surface area contributed by atoms with Crippen molar-refractivity contribution < 1.29 is 24.2 Å². The maximum atomic E-state index is 12.3. The minimum absolute atomic E-state index is 0.102. The van der Waals surface area contributed by atoms with Crippen molar-refractivity contribution in [2.75, 3.05) is 20.3 Å². The number of amides is 2. The van der Waals surface area contributed by atoms with Crippen molar-refractivity contribution in [2.24, 2.45) is 0 Å². The molecule has 0 radical (unpaired) electrons. The molecule has 1 aromatic rings. The monoisotopic (exact) mass is 323 g/mol. The van der Waals surface area contributed by atoms with E-state index in [1.165, 1.54) is 11.0 Å². The Morgan fingerprint density at radius 1 is 1.41 bits per heavy atom. The summed E-state index contributed by atoms with van der Waals surface area (Å²) in [5.74, 6) is -1.52. The summed E-state index contributed by atoms with van der Waals surface area (Å²) in [6, 6.07) is 6.49. The summed E-state index contributed by atoms with van der Waals surface area (Å²) in [4.78, 5) is 37.2. The van der Waals surface area contributed by atoms with E-state index in [-0.39, 0.29) is 23.8 Å². The zero-order valence-electron chi connectivity index (χ0n) is 12.2. The largest absolute Gasteiger partial charge is 0.478 e. The van der Waals surface area contributed by atoms with Crippen molar-refractivity contribution in [2.45, 2.75) is 23.0 Å². The maximum Gasteiger partial charge on any atom is 0.336 e. The number of aromatic carboxylic acids is 1. The van der Waals surface area contributed by atoms with E-state index in [1.54, 1.807) is 25.3 Å². The SMILES string of the molecule is COCCCN1C(=O)C[C@@H](Sc2ccccc2C(=O)O)C1=O. The van der Waals surface area contributed by atoms with Gasteiger partial charge in [0.2, 0.25) is 11.8 Å². The van der Waals surface area contributed by atoms with E-state index in [2.05, 4.69) is 0 Å². The van der Waals surface area contributed by atoms with Gasteiger partial charge in [0, 0.05) is 31.6 Å². The van der Waals surface area contributed by atoms with Crippen LogP contribution in [0.15, 0.2) is 29.2 Å². The number of imide groups is 1. The topological polar surface area (TPSA) is 83.9 Å². The number of carbonyl (C=O) groups excluding carboxylic acids is 2. The standard InChI is InChI=1S/C15H17NO5S/c1-21-8-4-7-16-13(17)9-12(14(16)18)22-11-6-3-2-5-10(11)15(19)20/h2-3,5-6,12H,4,7-9H2,1H3,(H,19,20)/t12-/m1/s1. The summed E-state index contributed by atoms with van der Waals surface area (Å²) in [6.07, 6.45) is 0.696. The van der Waals surface area contributed by atoms with Gasteiger partial charge in [-0.1, -0.05) is 12.1 Å². The predicted molar refractivity (Wildman–Crippen MR) is 80.9 cm³/mol. The van der Waals surface area contributed by atoms with Crippen molar-refractivity contribution in [3.63, 3.8) is 0 Å². The molecule has 0 spiro atoms. The lowest BCUT2D eigenvalue weighted by Crippen LogP contribution is -2.32. The van der Waals surface area contributed by atoms with E-state index >= 15 is 0 Å². The lowest BCUT2D eigenvalue weighted by atomic mass is 10.2. The smallest absolute Gasteiger partial charge is 0.336 e. The molecule has 7 heteroatoms. The Hall–Kier alpha value is -1.86. The molecule has 1 atom stereocenters. The second-order valence-corrected chi connectivity index (χ2v) is 6.09. The molecule has 2 amide bonds. The molecular weight excluding hydrogens is 306 g/mol. The van der Waals surface area contributed by atoms with Gasteiger partial charge in [0.05, 0.1) is 10.8 Å². The first-order valence-electron chi connectivity index (χ1n) is 6.86. The van der Waals surface area contributed by atoms with E-state index in [0.29, 0.717) is 24.5 Å². The molecule has 0 aromatic heterocycles. The Kier molecular flexibility index (Phi) is 5.57. The second-order valence-electron chi connectivity index (χ2n) is 4.84. The molecule has 1 aliphatic rings. The van der Waals surface area contributed by atoms with Crippen LogP contribution in [0, 0.1) is 0 Å². The van der Waals surface area contributed by atoms with Gasteiger partial charge in [-0.15, -0.1) is 11.8 Å². The van der Waals surface area contributed by atoms with E-state index < -0.39 is 11.2 Å². The number of thioether (sulfide) groups is 1. The number of nitrogens with zero attached hydrogens (tertiary/aromatic N) is 1. The van der Waals surface area contributed by atoms with Crippen LogP contribution >= 0.6 is 11.8 Å². The number of rotatable bonds is 7. The molecule has 0 aliphatic carbocycles. The summed E-state index contributed by atoms with van der Waals surface area (Å²) in [5.41, 5.74) is 0.144. The van der Waals surface area contributed by atoms with Crippen LogP contribution in [0.5, 0.6) is 0 Å². The number of hydrogen-bond donors (Lipinski definition) is 1. The van der Waals surface area contributed by atoms with Crippen molar-refractivity contribution in [3.8, 4) is 0 Å². The van der Waals surface area contributed by atoms with Crippen LogP contribution in [0.1, 0.15) is 23.2 Å². The number of carbonyl (C=O) groups is 3. The first-order chi connectivity index (χ1) is 10.5. The third-order valence-electron chi connectivity index (χ3n) is 3.32. The average molecular weight is 323 g/mol. The fourth-order valence-electron chi connectivity index (χ4n) is 2.25. The molecule has 2 rings (SSSR count). The molecule has 1 aromatic carbocycles. The van der Waals surface area contributed by atoms with Gasteiger partial charge < -0.3 is 9.84 Å². The molecule has 1 heterocycles.